The molecule has 0 radical (unpaired) electrons. The van der Waals surface area contributed by atoms with Crippen molar-refractivity contribution in [2.45, 2.75) is 32.1 Å². The number of hydrogen-bond donors (Lipinski definition) is 1. The molecule has 0 saturated carbocycles. The maximum absolute atomic E-state index is 12.7. The van der Waals surface area contributed by atoms with Crippen LogP contribution in [-0.2, 0) is 18.3 Å². The number of nitrogens with one attached hydrogen (secondary N) is 1. The zero-order valence-electron chi connectivity index (χ0n) is 15.5. The Morgan fingerprint density at radius 1 is 1.00 bits per heavy atom. The Morgan fingerprint density at radius 2 is 1.70 bits per heavy atom. The first-order valence-corrected chi connectivity index (χ1v) is 9.16. The Morgan fingerprint density at radius 3 is 2.33 bits per heavy atom. The van der Waals surface area contributed by atoms with Crippen LogP contribution in [0.4, 0.5) is 24.7 Å². The van der Waals surface area contributed by atoms with E-state index in [2.05, 4.69) is 47.2 Å². The van der Waals surface area contributed by atoms with Gasteiger partial charge in [0.05, 0.1) is 5.56 Å². The van der Waals surface area contributed by atoms with E-state index < -0.39 is 11.7 Å². The number of anilines is 2. The molecule has 0 bridgehead atoms. The molecule has 1 aromatic carbocycles. The fraction of sp³-hybridized carbons (Fsp3) is 0.450. The van der Waals surface area contributed by atoms with E-state index in [4.69, 9.17) is 0 Å². The van der Waals surface area contributed by atoms with E-state index in [1.807, 2.05) is 4.90 Å². The number of alkyl halides is 3. The first-order chi connectivity index (χ1) is 12.8. The molecule has 1 N–H and O–H groups in total. The summed E-state index contributed by atoms with van der Waals surface area (Å²) in [4.78, 5) is 8.43. The average molecular weight is 376 g/mol. The Balaban J connectivity index is 1.47. The summed E-state index contributed by atoms with van der Waals surface area (Å²) >= 11 is 0. The predicted molar refractivity (Wildman–Crippen MR) is 100.0 cm³/mol. The number of benzene rings is 1. The summed E-state index contributed by atoms with van der Waals surface area (Å²) in [6.45, 7) is 8.35. The zero-order valence-corrected chi connectivity index (χ0v) is 15.5. The van der Waals surface area contributed by atoms with Gasteiger partial charge in [0.25, 0.3) is 0 Å². The maximum atomic E-state index is 12.7. The topological polar surface area (TPSA) is 31.4 Å². The van der Waals surface area contributed by atoms with Crippen molar-refractivity contribution < 1.29 is 13.2 Å². The van der Waals surface area contributed by atoms with Crippen LogP contribution in [0, 0.1) is 0 Å². The van der Waals surface area contributed by atoms with Crippen molar-refractivity contribution in [3.8, 4) is 0 Å². The van der Waals surface area contributed by atoms with Crippen molar-refractivity contribution in [1.82, 2.24) is 10.3 Å². The lowest BCUT2D eigenvalue weighted by molar-refractivity contribution is -0.137. The first kappa shape index (κ1) is 18.1. The monoisotopic (exact) mass is 376 g/mol. The van der Waals surface area contributed by atoms with Gasteiger partial charge in [-0.2, -0.15) is 13.2 Å². The molecule has 3 heterocycles. The smallest absolute Gasteiger partial charge is 0.368 e. The van der Waals surface area contributed by atoms with Crippen molar-refractivity contribution in [1.29, 1.82) is 0 Å². The minimum atomic E-state index is -4.35. The molecule has 7 heteroatoms. The molecular formula is C20H23F3N4. The molecule has 2 aromatic rings. The lowest BCUT2D eigenvalue weighted by Crippen LogP contribution is -2.47. The minimum Gasteiger partial charge on any atom is -0.368 e. The van der Waals surface area contributed by atoms with E-state index in [0.29, 0.717) is 5.82 Å². The molecule has 1 saturated heterocycles. The molecule has 27 heavy (non-hydrogen) atoms. The van der Waals surface area contributed by atoms with E-state index in [0.717, 1.165) is 45.0 Å². The summed E-state index contributed by atoms with van der Waals surface area (Å²) < 4.78 is 38.1. The number of aromatic nitrogens is 1. The van der Waals surface area contributed by atoms with Crippen molar-refractivity contribution >= 4 is 11.5 Å². The second kappa shape index (κ2) is 6.41. The third-order valence-corrected chi connectivity index (χ3v) is 5.55. The Kier molecular flexibility index (Phi) is 4.29. The lowest BCUT2D eigenvalue weighted by Gasteiger charge is -2.37. The lowest BCUT2D eigenvalue weighted by atomic mass is 9.93. The second-order valence-corrected chi connectivity index (χ2v) is 7.66. The van der Waals surface area contributed by atoms with Crippen molar-refractivity contribution in [3.63, 3.8) is 0 Å². The van der Waals surface area contributed by atoms with Crippen LogP contribution in [0.1, 0.15) is 30.5 Å². The molecule has 2 aliphatic rings. The van der Waals surface area contributed by atoms with Gasteiger partial charge in [-0.1, -0.05) is 12.1 Å². The van der Waals surface area contributed by atoms with Crippen LogP contribution in [-0.4, -0.2) is 31.2 Å². The van der Waals surface area contributed by atoms with Gasteiger partial charge in [-0.05, 0) is 43.2 Å². The van der Waals surface area contributed by atoms with Crippen LogP contribution < -0.4 is 15.1 Å². The van der Waals surface area contributed by atoms with Crippen LogP contribution in [0.15, 0.2) is 36.5 Å². The highest BCUT2D eigenvalue weighted by molar-refractivity contribution is 5.61. The van der Waals surface area contributed by atoms with E-state index in [1.165, 1.54) is 22.9 Å². The van der Waals surface area contributed by atoms with Gasteiger partial charge in [-0.15, -0.1) is 0 Å². The zero-order chi connectivity index (χ0) is 19.2. The SMILES string of the molecule is CC1(C)NCc2c(N3CCN(c4ccc(C(F)(F)F)cn4)CC3)cccc21. The molecule has 4 rings (SSSR count). The number of hydrogen-bond acceptors (Lipinski definition) is 4. The van der Waals surface area contributed by atoms with E-state index in [-0.39, 0.29) is 5.54 Å². The van der Waals surface area contributed by atoms with E-state index in [9.17, 15) is 13.2 Å². The molecular weight excluding hydrogens is 353 g/mol. The van der Waals surface area contributed by atoms with Gasteiger partial charge in [0.1, 0.15) is 5.82 Å². The molecule has 0 amide bonds. The highest BCUT2D eigenvalue weighted by Crippen LogP contribution is 2.37. The number of rotatable bonds is 2. The molecule has 1 fully saturated rings. The molecule has 1 aromatic heterocycles. The minimum absolute atomic E-state index is 0.0166. The average Bonchev–Trinajstić information content (AvgIpc) is 2.97. The van der Waals surface area contributed by atoms with Crippen molar-refractivity contribution in [2.24, 2.45) is 0 Å². The molecule has 2 aliphatic heterocycles. The van der Waals surface area contributed by atoms with Crippen LogP contribution in [0.2, 0.25) is 0 Å². The highest BCUT2D eigenvalue weighted by Gasteiger charge is 2.33. The van der Waals surface area contributed by atoms with Crippen LogP contribution in [0.3, 0.4) is 0 Å². The normalized spacial score (nSPS) is 19.3. The summed E-state index contributed by atoms with van der Waals surface area (Å²) in [6.07, 6.45) is -3.43. The van der Waals surface area contributed by atoms with Gasteiger partial charge in [-0.25, -0.2) is 4.98 Å². The van der Waals surface area contributed by atoms with Gasteiger partial charge in [0.2, 0.25) is 0 Å². The van der Waals surface area contributed by atoms with Gasteiger partial charge >= 0.3 is 6.18 Å². The maximum Gasteiger partial charge on any atom is 0.417 e. The molecule has 0 aliphatic carbocycles. The number of nitrogens with zero attached hydrogens (tertiary/aromatic N) is 3. The van der Waals surface area contributed by atoms with Crippen molar-refractivity contribution in [3.05, 3.63) is 53.2 Å². The Hall–Kier alpha value is -2.28. The molecule has 144 valence electrons. The molecule has 4 nitrogen and oxygen atoms in total. The quantitative estimate of drug-likeness (QED) is 0.865. The summed E-state index contributed by atoms with van der Waals surface area (Å²) in [7, 11) is 0. The summed E-state index contributed by atoms with van der Waals surface area (Å²) in [5.74, 6) is 0.601. The Labute approximate surface area is 157 Å². The molecule has 0 spiro atoms. The molecule has 0 unspecified atom stereocenters. The van der Waals surface area contributed by atoms with E-state index >= 15 is 0 Å². The second-order valence-electron chi connectivity index (χ2n) is 7.66. The van der Waals surface area contributed by atoms with Gasteiger partial charge in [0, 0.05) is 50.1 Å². The van der Waals surface area contributed by atoms with E-state index in [1.54, 1.807) is 0 Å². The standard InChI is InChI=1S/C20H23F3N4/c1-19(2)16-4-3-5-17(15(16)13-25-19)26-8-10-27(11-9-26)18-7-6-14(12-24-18)20(21,22)23/h3-7,12,25H,8-11,13H2,1-2H3. The fourth-order valence-corrected chi connectivity index (χ4v) is 3.96. The van der Waals surface area contributed by atoms with Gasteiger partial charge in [0.15, 0.2) is 0 Å². The van der Waals surface area contributed by atoms with Gasteiger partial charge < -0.3 is 15.1 Å². The fourth-order valence-electron chi connectivity index (χ4n) is 3.96. The third-order valence-electron chi connectivity index (χ3n) is 5.55. The highest BCUT2D eigenvalue weighted by atomic mass is 19.4. The van der Waals surface area contributed by atoms with Gasteiger partial charge in [-0.3, -0.25) is 0 Å². The largest absolute Gasteiger partial charge is 0.417 e. The predicted octanol–water partition coefficient (Wildman–Crippen LogP) is 3.77. The van der Waals surface area contributed by atoms with Crippen LogP contribution >= 0.6 is 0 Å². The number of piperazine rings is 1. The third kappa shape index (κ3) is 3.36. The summed E-state index contributed by atoms with van der Waals surface area (Å²) in [5.41, 5.74) is 3.22. The van der Waals surface area contributed by atoms with Crippen molar-refractivity contribution in [2.75, 3.05) is 36.0 Å². The van der Waals surface area contributed by atoms with Crippen LogP contribution in [0.25, 0.3) is 0 Å². The first-order valence-electron chi connectivity index (χ1n) is 9.16. The summed E-state index contributed by atoms with van der Waals surface area (Å²) in [6, 6.07) is 9.01. The van der Waals surface area contributed by atoms with Crippen LogP contribution in [0.5, 0.6) is 0 Å². The summed E-state index contributed by atoms with van der Waals surface area (Å²) in [5, 5.41) is 3.55. The number of fused-ring (bicyclic) bond motifs is 1. The number of halogens is 3. The molecule has 0 atom stereocenters. The number of pyridine rings is 1. The Bertz CT molecular complexity index is 822.